The van der Waals surface area contributed by atoms with Crippen molar-refractivity contribution in [1.29, 1.82) is 0 Å². The summed E-state index contributed by atoms with van der Waals surface area (Å²) in [5.74, 6) is -0.460. The van der Waals surface area contributed by atoms with E-state index in [4.69, 9.17) is 5.73 Å². The van der Waals surface area contributed by atoms with Crippen molar-refractivity contribution < 1.29 is 9.59 Å². The van der Waals surface area contributed by atoms with Crippen molar-refractivity contribution >= 4 is 22.7 Å². The number of nitrogens with one attached hydrogen (secondary N) is 1. The van der Waals surface area contributed by atoms with E-state index >= 15 is 0 Å². The van der Waals surface area contributed by atoms with Crippen molar-refractivity contribution in [1.82, 2.24) is 9.88 Å². The van der Waals surface area contributed by atoms with E-state index < -0.39 is 5.91 Å². The van der Waals surface area contributed by atoms with Gasteiger partial charge in [0.25, 0.3) is 5.91 Å². The highest BCUT2D eigenvalue weighted by molar-refractivity contribution is 6.01. The van der Waals surface area contributed by atoms with Gasteiger partial charge in [0.1, 0.15) is 0 Å². The Hall–Kier alpha value is -3.08. The summed E-state index contributed by atoms with van der Waals surface area (Å²) in [5.41, 5.74) is 9.02. The van der Waals surface area contributed by atoms with Crippen LogP contribution in [-0.4, -0.2) is 28.2 Å². The molecule has 5 heteroatoms. The summed E-state index contributed by atoms with van der Waals surface area (Å²) < 4.78 is 0. The average Bonchev–Trinajstić information content (AvgIpc) is 3.12. The van der Waals surface area contributed by atoms with Gasteiger partial charge in [-0.05, 0) is 17.7 Å². The molecule has 24 heavy (non-hydrogen) atoms. The first-order valence-electron chi connectivity index (χ1n) is 7.91. The van der Waals surface area contributed by atoms with Crippen LogP contribution in [0.1, 0.15) is 33.9 Å². The first-order chi connectivity index (χ1) is 11.7. The lowest BCUT2D eigenvalue weighted by molar-refractivity contribution is -0.118. The minimum atomic E-state index is -0.406. The normalized spacial score (nSPS) is 16.6. The predicted octanol–water partition coefficient (Wildman–Crippen LogP) is 2.59. The Bertz CT molecular complexity index is 944. The van der Waals surface area contributed by atoms with Gasteiger partial charge in [0, 0.05) is 41.2 Å². The van der Waals surface area contributed by atoms with E-state index in [1.54, 1.807) is 4.90 Å². The van der Waals surface area contributed by atoms with Crippen LogP contribution in [0.2, 0.25) is 0 Å². The predicted molar refractivity (Wildman–Crippen MR) is 91.4 cm³/mol. The molecule has 0 aliphatic carbocycles. The lowest BCUT2D eigenvalue weighted by Crippen LogP contribution is -2.32. The number of aromatic nitrogens is 1. The van der Waals surface area contributed by atoms with Gasteiger partial charge < -0.3 is 15.6 Å². The number of H-pyrrole nitrogens is 1. The van der Waals surface area contributed by atoms with E-state index in [0.717, 1.165) is 22.0 Å². The molecule has 4 rings (SSSR count). The summed E-state index contributed by atoms with van der Waals surface area (Å²) in [7, 11) is 0. The number of aromatic amines is 1. The lowest BCUT2D eigenvalue weighted by Gasteiger charge is -2.25. The SMILES string of the molecule is NC(=O)CCN1C(=O)c2ccccc2[C@H]1c1c[nH]c2ccccc12. The van der Waals surface area contributed by atoms with Crippen molar-refractivity contribution in [3.63, 3.8) is 0 Å². The standard InChI is InChI=1S/C19H17N3O2/c20-17(23)9-10-22-18(13-6-1-2-7-14(13)19(22)24)15-11-21-16-8-4-3-5-12(15)16/h1-8,11,18,21H,9-10H2,(H2,20,23)/t18-/m0/s1. The third kappa shape index (κ3) is 2.17. The maximum absolute atomic E-state index is 12.8. The van der Waals surface area contributed by atoms with Crippen molar-refractivity contribution in [3.8, 4) is 0 Å². The molecule has 5 nitrogen and oxygen atoms in total. The van der Waals surface area contributed by atoms with E-state index in [0.29, 0.717) is 12.1 Å². The number of carbonyl (C=O) groups is 2. The summed E-state index contributed by atoms with van der Waals surface area (Å²) in [6.45, 7) is 0.313. The molecule has 0 saturated heterocycles. The van der Waals surface area contributed by atoms with Crippen LogP contribution in [-0.2, 0) is 4.79 Å². The average molecular weight is 319 g/mol. The van der Waals surface area contributed by atoms with E-state index in [9.17, 15) is 9.59 Å². The molecule has 1 aromatic heterocycles. The van der Waals surface area contributed by atoms with Crippen LogP contribution in [0.25, 0.3) is 10.9 Å². The molecule has 1 atom stereocenters. The maximum atomic E-state index is 12.8. The fourth-order valence-corrected chi connectivity index (χ4v) is 3.49. The Morgan fingerprint density at radius 1 is 1.08 bits per heavy atom. The van der Waals surface area contributed by atoms with Crippen LogP contribution < -0.4 is 5.73 Å². The van der Waals surface area contributed by atoms with Gasteiger partial charge in [-0.2, -0.15) is 0 Å². The molecule has 3 aromatic rings. The monoisotopic (exact) mass is 319 g/mol. The van der Waals surface area contributed by atoms with Crippen LogP contribution in [0.3, 0.4) is 0 Å². The first kappa shape index (κ1) is 14.5. The fourth-order valence-electron chi connectivity index (χ4n) is 3.49. The van der Waals surface area contributed by atoms with Gasteiger partial charge in [0.05, 0.1) is 6.04 Å². The molecule has 2 heterocycles. The number of nitrogens with zero attached hydrogens (tertiary/aromatic N) is 1. The van der Waals surface area contributed by atoms with Crippen LogP contribution >= 0.6 is 0 Å². The molecule has 2 amide bonds. The van der Waals surface area contributed by atoms with Gasteiger partial charge in [0.15, 0.2) is 0 Å². The molecular weight excluding hydrogens is 302 g/mol. The fraction of sp³-hybridized carbons (Fsp3) is 0.158. The number of para-hydroxylation sites is 1. The molecule has 0 radical (unpaired) electrons. The number of rotatable bonds is 4. The molecular formula is C19H17N3O2. The van der Waals surface area contributed by atoms with Gasteiger partial charge in [-0.1, -0.05) is 36.4 Å². The Labute approximate surface area is 139 Å². The molecule has 120 valence electrons. The van der Waals surface area contributed by atoms with Gasteiger partial charge >= 0.3 is 0 Å². The molecule has 0 unspecified atom stereocenters. The maximum Gasteiger partial charge on any atom is 0.255 e. The van der Waals surface area contributed by atoms with Gasteiger partial charge in [-0.3, -0.25) is 9.59 Å². The zero-order chi connectivity index (χ0) is 16.7. The van der Waals surface area contributed by atoms with Gasteiger partial charge in [0.2, 0.25) is 5.91 Å². The molecule has 1 aliphatic heterocycles. The molecule has 0 saturated carbocycles. The third-order valence-electron chi connectivity index (χ3n) is 4.57. The lowest BCUT2D eigenvalue weighted by atomic mass is 9.97. The van der Waals surface area contributed by atoms with Crippen molar-refractivity contribution in [3.05, 3.63) is 71.4 Å². The van der Waals surface area contributed by atoms with E-state index in [-0.39, 0.29) is 18.4 Å². The number of fused-ring (bicyclic) bond motifs is 2. The molecule has 0 bridgehead atoms. The zero-order valence-electron chi connectivity index (χ0n) is 13.0. The van der Waals surface area contributed by atoms with E-state index in [1.807, 2.05) is 54.7 Å². The topological polar surface area (TPSA) is 79.2 Å². The van der Waals surface area contributed by atoms with Gasteiger partial charge in [-0.25, -0.2) is 0 Å². The van der Waals surface area contributed by atoms with E-state index in [1.165, 1.54) is 0 Å². The Morgan fingerprint density at radius 2 is 1.83 bits per heavy atom. The first-order valence-corrected chi connectivity index (χ1v) is 7.91. The van der Waals surface area contributed by atoms with Crippen LogP contribution in [0.15, 0.2) is 54.7 Å². The minimum absolute atomic E-state index is 0.0536. The highest BCUT2D eigenvalue weighted by atomic mass is 16.2. The number of primary amides is 1. The van der Waals surface area contributed by atoms with Crippen LogP contribution in [0.5, 0.6) is 0 Å². The Balaban J connectivity index is 1.85. The smallest absolute Gasteiger partial charge is 0.255 e. The number of benzene rings is 2. The molecule has 0 spiro atoms. The highest BCUT2D eigenvalue weighted by Crippen LogP contribution is 2.40. The second-order valence-electron chi connectivity index (χ2n) is 5.99. The van der Waals surface area contributed by atoms with Gasteiger partial charge in [-0.15, -0.1) is 0 Å². The van der Waals surface area contributed by atoms with Crippen LogP contribution in [0, 0.1) is 0 Å². The van der Waals surface area contributed by atoms with Crippen LogP contribution in [0.4, 0.5) is 0 Å². The van der Waals surface area contributed by atoms with Crippen molar-refractivity contribution in [2.45, 2.75) is 12.5 Å². The second kappa shape index (κ2) is 5.53. The summed E-state index contributed by atoms with van der Waals surface area (Å²) in [4.78, 5) is 29.0. The molecule has 0 fully saturated rings. The zero-order valence-corrected chi connectivity index (χ0v) is 13.0. The van der Waals surface area contributed by atoms with Crippen molar-refractivity contribution in [2.24, 2.45) is 5.73 Å². The number of nitrogens with two attached hydrogens (primary N) is 1. The van der Waals surface area contributed by atoms with Crippen molar-refractivity contribution in [2.75, 3.05) is 6.54 Å². The summed E-state index contributed by atoms with van der Waals surface area (Å²) in [6, 6.07) is 15.4. The van der Waals surface area contributed by atoms with E-state index in [2.05, 4.69) is 4.98 Å². The molecule has 2 aromatic carbocycles. The Kier molecular flexibility index (Phi) is 3.34. The summed E-state index contributed by atoms with van der Waals surface area (Å²) >= 11 is 0. The third-order valence-corrected chi connectivity index (χ3v) is 4.57. The highest BCUT2D eigenvalue weighted by Gasteiger charge is 2.38. The summed E-state index contributed by atoms with van der Waals surface area (Å²) in [6.07, 6.45) is 2.10. The minimum Gasteiger partial charge on any atom is -0.370 e. The quantitative estimate of drug-likeness (QED) is 0.775. The second-order valence-corrected chi connectivity index (χ2v) is 5.99. The Morgan fingerprint density at radius 3 is 2.67 bits per heavy atom. The summed E-state index contributed by atoms with van der Waals surface area (Å²) in [5, 5.41) is 1.08. The number of hydrogen-bond donors (Lipinski definition) is 2. The molecule has 3 N–H and O–H groups in total. The molecule has 1 aliphatic rings. The number of carbonyl (C=O) groups excluding carboxylic acids is 2. The number of hydrogen-bond acceptors (Lipinski definition) is 2. The largest absolute Gasteiger partial charge is 0.370 e. The number of amides is 2.